The van der Waals surface area contributed by atoms with Crippen LogP contribution in [0.1, 0.15) is 63.0 Å². The van der Waals surface area contributed by atoms with Crippen molar-refractivity contribution in [3.05, 3.63) is 40.4 Å². The average molecular weight is 300 g/mol. The molecule has 1 aromatic carbocycles. The van der Waals surface area contributed by atoms with Crippen LogP contribution < -0.4 is 11.3 Å². The Labute approximate surface area is 130 Å². The van der Waals surface area contributed by atoms with E-state index in [1.807, 2.05) is 6.07 Å². The highest BCUT2D eigenvalue weighted by atomic mass is 16.3. The number of nitrogens with one attached hydrogen (secondary N) is 1. The third kappa shape index (κ3) is 2.91. The molecule has 4 nitrogen and oxygen atoms in total. The normalized spacial score (nSPS) is 12.6. The maximum Gasteiger partial charge on any atom is 0.254 e. The SMILES string of the molecule is CC(C)(C)c1cc(C(C)(C)C)c2oc(=N)c(C(N)=O)cc2c1. The molecule has 3 N–H and O–H groups in total. The maximum absolute atomic E-state index is 11.5. The van der Waals surface area contributed by atoms with Crippen LogP contribution in [-0.2, 0) is 10.8 Å². The van der Waals surface area contributed by atoms with Crippen molar-refractivity contribution in [1.82, 2.24) is 0 Å². The molecule has 0 radical (unpaired) electrons. The molecule has 0 aliphatic heterocycles. The Balaban J connectivity index is 2.95. The Kier molecular flexibility index (Phi) is 3.68. The lowest BCUT2D eigenvalue weighted by atomic mass is 9.79. The molecule has 2 rings (SSSR count). The fourth-order valence-electron chi connectivity index (χ4n) is 2.42. The summed E-state index contributed by atoms with van der Waals surface area (Å²) in [5, 5.41) is 8.70. The number of hydrogen-bond acceptors (Lipinski definition) is 3. The van der Waals surface area contributed by atoms with Crippen molar-refractivity contribution >= 4 is 16.9 Å². The van der Waals surface area contributed by atoms with Crippen molar-refractivity contribution in [2.24, 2.45) is 5.73 Å². The van der Waals surface area contributed by atoms with E-state index < -0.39 is 5.91 Å². The zero-order valence-corrected chi connectivity index (χ0v) is 14.1. The Hall–Kier alpha value is -2.10. The molecule has 22 heavy (non-hydrogen) atoms. The summed E-state index contributed by atoms with van der Waals surface area (Å²) in [6.45, 7) is 12.8. The molecule has 2 aromatic rings. The standard InChI is InChI=1S/C18H24N2O2/c1-17(2,3)11-7-10-8-12(15(19)21)16(20)22-14(10)13(9-11)18(4,5)6/h7-9,20H,1-6H3,(H2,19,21). The summed E-state index contributed by atoms with van der Waals surface area (Å²) < 4.78 is 5.65. The highest BCUT2D eigenvalue weighted by molar-refractivity contribution is 5.96. The number of carbonyl (C=O) groups is 1. The minimum atomic E-state index is -0.644. The fourth-order valence-corrected chi connectivity index (χ4v) is 2.42. The molecule has 0 saturated heterocycles. The minimum Gasteiger partial charge on any atom is -0.438 e. The molecule has 0 spiro atoms. The molecule has 1 aromatic heterocycles. The summed E-state index contributed by atoms with van der Waals surface area (Å²) >= 11 is 0. The van der Waals surface area contributed by atoms with E-state index in [0.717, 1.165) is 16.5 Å². The number of carbonyl (C=O) groups excluding carboxylic acids is 1. The largest absolute Gasteiger partial charge is 0.438 e. The maximum atomic E-state index is 11.5. The molecule has 0 saturated carbocycles. The predicted octanol–water partition coefficient (Wildman–Crippen LogP) is 3.61. The molecule has 4 heteroatoms. The quantitative estimate of drug-likeness (QED) is 0.843. The minimum absolute atomic E-state index is 0.0271. The number of hydrogen-bond donors (Lipinski definition) is 2. The van der Waals surface area contributed by atoms with E-state index in [1.54, 1.807) is 6.07 Å². The highest BCUT2D eigenvalue weighted by Gasteiger charge is 2.24. The summed E-state index contributed by atoms with van der Waals surface area (Å²) in [7, 11) is 0. The van der Waals surface area contributed by atoms with Crippen molar-refractivity contribution < 1.29 is 9.21 Å². The van der Waals surface area contributed by atoms with Crippen molar-refractivity contribution in [3.63, 3.8) is 0 Å². The predicted molar refractivity (Wildman–Crippen MR) is 88.0 cm³/mol. The second kappa shape index (κ2) is 4.97. The molecule has 1 amide bonds. The van der Waals surface area contributed by atoms with Crippen molar-refractivity contribution in [2.75, 3.05) is 0 Å². The van der Waals surface area contributed by atoms with Crippen molar-refractivity contribution in [1.29, 1.82) is 5.41 Å². The van der Waals surface area contributed by atoms with Gasteiger partial charge in [-0.3, -0.25) is 10.2 Å². The van der Waals surface area contributed by atoms with Crippen molar-refractivity contribution in [3.8, 4) is 0 Å². The first-order valence-electron chi connectivity index (χ1n) is 7.38. The molecule has 1 heterocycles. The van der Waals surface area contributed by atoms with Gasteiger partial charge in [0.2, 0.25) is 5.55 Å². The molecule has 0 aliphatic carbocycles. The van der Waals surface area contributed by atoms with Crippen LogP contribution in [0.2, 0.25) is 0 Å². The molecular weight excluding hydrogens is 276 g/mol. The Bertz CT molecular complexity index is 803. The van der Waals surface area contributed by atoms with Crippen LogP contribution in [0.15, 0.2) is 22.6 Å². The molecule has 0 bridgehead atoms. The van der Waals surface area contributed by atoms with Crippen molar-refractivity contribution in [2.45, 2.75) is 52.4 Å². The lowest BCUT2D eigenvalue weighted by Gasteiger charge is -2.26. The van der Waals surface area contributed by atoms with Gasteiger partial charge in [0.05, 0.1) is 0 Å². The van der Waals surface area contributed by atoms with E-state index in [0.29, 0.717) is 5.58 Å². The summed E-state index contributed by atoms with van der Waals surface area (Å²) in [4.78, 5) is 11.5. The van der Waals surface area contributed by atoms with Gasteiger partial charge in [-0.25, -0.2) is 0 Å². The van der Waals surface area contributed by atoms with Gasteiger partial charge in [0, 0.05) is 10.9 Å². The second-order valence-electron chi connectivity index (χ2n) is 7.80. The topological polar surface area (TPSA) is 80.1 Å². The number of primary amides is 1. The smallest absolute Gasteiger partial charge is 0.254 e. The summed E-state index contributed by atoms with van der Waals surface area (Å²) in [5.41, 5.74) is 7.93. The average Bonchev–Trinajstić information content (AvgIpc) is 2.33. The van der Waals surface area contributed by atoms with E-state index in [9.17, 15) is 4.79 Å². The lowest BCUT2D eigenvalue weighted by Crippen LogP contribution is -2.22. The fraction of sp³-hybridized carbons (Fsp3) is 0.444. The van der Waals surface area contributed by atoms with Gasteiger partial charge in [0.1, 0.15) is 11.1 Å². The number of benzene rings is 1. The molecule has 118 valence electrons. The van der Waals surface area contributed by atoms with E-state index >= 15 is 0 Å². The van der Waals surface area contributed by atoms with E-state index in [-0.39, 0.29) is 21.9 Å². The summed E-state index contributed by atoms with van der Waals surface area (Å²) in [6.07, 6.45) is 0. The summed E-state index contributed by atoms with van der Waals surface area (Å²) in [6, 6.07) is 5.81. The van der Waals surface area contributed by atoms with Gasteiger partial charge in [-0.2, -0.15) is 0 Å². The number of amides is 1. The number of fused-ring (bicyclic) bond motifs is 1. The molecule has 0 aliphatic rings. The monoisotopic (exact) mass is 300 g/mol. The van der Waals surface area contributed by atoms with E-state index in [1.165, 1.54) is 0 Å². The Morgan fingerprint density at radius 3 is 2.09 bits per heavy atom. The van der Waals surface area contributed by atoms with E-state index in [2.05, 4.69) is 47.6 Å². The van der Waals surface area contributed by atoms with E-state index in [4.69, 9.17) is 15.6 Å². The van der Waals surface area contributed by atoms with Gasteiger partial charge in [-0.1, -0.05) is 47.6 Å². The highest BCUT2D eigenvalue weighted by Crippen LogP contribution is 2.34. The van der Waals surface area contributed by atoms with Crippen LogP contribution >= 0.6 is 0 Å². The lowest BCUT2D eigenvalue weighted by molar-refractivity contribution is 0.0996. The first kappa shape index (κ1) is 16.3. The molecular formula is C18H24N2O2. The molecule has 0 unspecified atom stereocenters. The van der Waals surface area contributed by atoms with Crippen LogP contribution in [-0.4, -0.2) is 5.91 Å². The Morgan fingerprint density at radius 2 is 1.64 bits per heavy atom. The molecule has 0 fully saturated rings. The van der Waals surface area contributed by atoms with Gasteiger partial charge >= 0.3 is 0 Å². The number of rotatable bonds is 1. The van der Waals surface area contributed by atoms with Gasteiger partial charge in [0.15, 0.2) is 0 Å². The molecule has 0 atom stereocenters. The van der Waals surface area contributed by atoms with Gasteiger partial charge in [-0.05, 0) is 28.5 Å². The first-order valence-corrected chi connectivity index (χ1v) is 7.38. The van der Waals surface area contributed by atoms with Gasteiger partial charge < -0.3 is 10.2 Å². The van der Waals surface area contributed by atoms with Crippen LogP contribution in [0.3, 0.4) is 0 Å². The number of nitrogens with two attached hydrogens (primary N) is 1. The van der Waals surface area contributed by atoms with Gasteiger partial charge in [-0.15, -0.1) is 0 Å². The van der Waals surface area contributed by atoms with Crippen LogP contribution in [0.5, 0.6) is 0 Å². The van der Waals surface area contributed by atoms with Gasteiger partial charge in [0.25, 0.3) is 5.91 Å². The first-order chi connectivity index (χ1) is 9.91. The Morgan fingerprint density at radius 1 is 1.05 bits per heavy atom. The van der Waals surface area contributed by atoms with Crippen LogP contribution in [0.25, 0.3) is 11.0 Å². The van der Waals surface area contributed by atoms with Crippen LogP contribution in [0.4, 0.5) is 0 Å². The zero-order chi connectivity index (χ0) is 16.9. The third-order valence-electron chi connectivity index (χ3n) is 3.81. The van der Waals surface area contributed by atoms with Crippen LogP contribution in [0, 0.1) is 5.41 Å². The zero-order valence-electron chi connectivity index (χ0n) is 14.1. The third-order valence-corrected chi connectivity index (χ3v) is 3.81. The second-order valence-corrected chi connectivity index (χ2v) is 7.80. The summed E-state index contributed by atoms with van der Waals surface area (Å²) in [5.74, 6) is -0.644.